The molecule has 2 rings (SSSR count). The quantitative estimate of drug-likeness (QED) is 0.831. The normalized spacial score (nSPS) is 20.9. The van der Waals surface area contributed by atoms with Crippen LogP contribution in [0.3, 0.4) is 0 Å². The summed E-state index contributed by atoms with van der Waals surface area (Å²) < 4.78 is 0. The molecule has 0 spiro atoms. The highest BCUT2D eigenvalue weighted by Crippen LogP contribution is 2.22. The number of likely N-dealkylation sites (tertiary alicyclic amines) is 1. The lowest BCUT2D eigenvalue weighted by atomic mass is 10.2. The number of hydrogen-bond donors (Lipinski definition) is 1. The van der Waals surface area contributed by atoms with E-state index in [1.165, 1.54) is 0 Å². The predicted octanol–water partition coefficient (Wildman–Crippen LogP) is 1.65. The molecule has 1 aliphatic heterocycles. The summed E-state index contributed by atoms with van der Waals surface area (Å²) in [6.45, 7) is 2.81. The van der Waals surface area contributed by atoms with Gasteiger partial charge in [-0.2, -0.15) is 11.3 Å². The highest BCUT2D eigenvalue weighted by Gasteiger charge is 2.29. The van der Waals surface area contributed by atoms with Crippen molar-refractivity contribution in [1.29, 1.82) is 0 Å². The summed E-state index contributed by atoms with van der Waals surface area (Å²) in [5.74, 6) is 0.0744. The molecule has 0 aliphatic carbocycles. The fraction of sp³-hybridized carbons (Fsp3) is 0.545. The zero-order valence-corrected chi connectivity index (χ0v) is 9.59. The smallest absolute Gasteiger partial charge is 0.255 e. The van der Waals surface area contributed by atoms with Crippen LogP contribution in [0.15, 0.2) is 10.8 Å². The summed E-state index contributed by atoms with van der Waals surface area (Å²) in [4.78, 5) is 13.9. The SMILES string of the molecule is Cc1cscc1C(=O)N1CCC[C@H]1CO. The number of nitrogens with zero attached hydrogens (tertiary/aromatic N) is 1. The first-order valence-electron chi connectivity index (χ1n) is 5.18. The van der Waals surface area contributed by atoms with E-state index in [1.807, 2.05) is 17.7 Å². The Labute approximate surface area is 93.3 Å². The van der Waals surface area contributed by atoms with E-state index in [4.69, 9.17) is 5.11 Å². The van der Waals surface area contributed by atoms with Gasteiger partial charge in [-0.15, -0.1) is 0 Å². The monoisotopic (exact) mass is 225 g/mol. The van der Waals surface area contributed by atoms with Gasteiger partial charge in [-0.25, -0.2) is 0 Å². The van der Waals surface area contributed by atoms with Gasteiger partial charge in [-0.05, 0) is 30.7 Å². The highest BCUT2D eigenvalue weighted by atomic mass is 32.1. The average Bonchev–Trinajstić information content (AvgIpc) is 2.84. The number of aliphatic hydroxyl groups is 1. The van der Waals surface area contributed by atoms with Gasteiger partial charge in [-0.3, -0.25) is 4.79 Å². The highest BCUT2D eigenvalue weighted by molar-refractivity contribution is 7.08. The molecule has 15 heavy (non-hydrogen) atoms. The van der Waals surface area contributed by atoms with E-state index in [-0.39, 0.29) is 18.6 Å². The molecule has 82 valence electrons. The van der Waals surface area contributed by atoms with E-state index in [0.717, 1.165) is 30.5 Å². The first kappa shape index (κ1) is 10.6. The van der Waals surface area contributed by atoms with E-state index < -0.39 is 0 Å². The van der Waals surface area contributed by atoms with Gasteiger partial charge in [0.1, 0.15) is 0 Å². The van der Waals surface area contributed by atoms with E-state index in [1.54, 1.807) is 16.2 Å². The molecule has 0 saturated carbocycles. The second-order valence-electron chi connectivity index (χ2n) is 3.95. The molecule has 1 aromatic heterocycles. The minimum absolute atomic E-state index is 0.0248. The number of carbonyl (C=O) groups excluding carboxylic acids is 1. The Kier molecular flexibility index (Phi) is 3.07. The number of rotatable bonds is 2. The lowest BCUT2D eigenvalue weighted by Gasteiger charge is -2.22. The molecular weight excluding hydrogens is 210 g/mol. The van der Waals surface area contributed by atoms with Crippen molar-refractivity contribution in [3.05, 3.63) is 21.9 Å². The number of aryl methyl sites for hydroxylation is 1. The molecule has 0 unspecified atom stereocenters. The van der Waals surface area contributed by atoms with Gasteiger partial charge in [0.2, 0.25) is 0 Å². The summed E-state index contributed by atoms with van der Waals surface area (Å²) >= 11 is 1.55. The number of hydrogen-bond acceptors (Lipinski definition) is 3. The van der Waals surface area contributed by atoms with Crippen molar-refractivity contribution in [3.8, 4) is 0 Å². The number of aliphatic hydroxyl groups excluding tert-OH is 1. The zero-order chi connectivity index (χ0) is 10.8. The molecule has 1 fully saturated rings. The molecular formula is C11H15NO2S. The summed E-state index contributed by atoms with van der Waals surface area (Å²) in [5, 5.41) is 13.0. The third-order valence-electron chi connectivity index (χ3n) is 2.93. The topological polar surface area (TPSA) is 40.5 Å². The summed E-state index contributed by atoms with van der Waals surface area (Å²) in [6, 6.07) is 0.0248. The van der Waals surface area contributed by atoms with Crippen molar-refractivity contribution in [2.24, 2.45) is 0 Å². The Morgan fingerprint density at radius 2 is 2.47 bits per heavy atom. The van der Waals surface area contributed by atoms with Gasteiger partial charge in [0, 0.05) is 11.9 Å². The standard InChI is InChI=1S/C11H15NO2S/c1-8-6-15-7-10(8)11(14)12-4-2-3-9(12)5-13/h6-7,9,13H,2-5H2,1H3/t9-/m0/s1. The third kappa shape index (κ3) is 1.92. The van der Waals surface area contributed by atoms with Crippen LogP contribution < -0.4 is 0 Å². The lowest BCUT2D eigenvalue weighted by molar-refractivity contribution is 0.0677. The zero-order valence-electron chi connectivity index (χ0n) is 8.77. The van der Waals surface area contributed by atoms with E-state index in [0.29, 0.717) is 0 Å². The first-order valence-corrected chi connectivity index (χ1v) is 6.13. The van der Waals surface area contributed by atoms with Gasteiger partial charge in [0.15, 0.2) is 0 Å². The second kappa shape index (κ2) is 4.33. The average molecular weight is 225 g/mol. The van der Waals surface area contributed by atoms with Gasteiger partial charge in [-0.1, -0.05) is 0 Å². The fourth-order valence-corrected chi connectivity index (χ4v) is 2.85. The van der Waals surface area contributed by atoms with Gasteiger partial charge in [0.25, 0.3) is 5.91 Å². The van der Waals surface area contributed by atoms with Crippen LogP contribution in [0.2, 0.25) is 0 Å². The van der Waals surface area contributed by atoms with Crippen molar-refractivity contribution >= 4 is 17.2 Å². The Bertz CT molecular complexity index is 361. The van der Waals surface area contributed by atoms with Crippen molar-refractivity contribution in [1.82, 2.24) is 4.90 Å². The third-order valence-corrected chi connectivity index (χ3v) is 3.80. The maximum atomic E-state index is 12.1. The molecule has 2 heterocycles. The molecule has 1 saturated heterocycles. The molecule has 0 bridgehead atoms. The predicted molar refractivity (Wildman–Crippen MR) is 60.2 cm³/mol. The van der Waals surface area contributed by atoms with E-state index in [2.05, 4.69) is 0 Å². The molecule has 1 N–H and O–H groups in total. The van der Waals surface area contributed by atoms with Gasteiger partial charge < -0.3 is 10.0 Å². The maximum Gasteiger partial charge on any atom is 0.255 e. The minimum Gasteiger partial charge on any atom is -0.394 e. The van der Waals surface area contributed by atoms with Crippen LogP contribution >= 0.6 is 11.3 Å². The molecule has 1 amide bonds. The second-order valence-corrected chi connectivity index (χ2v) is 4.69. The lowest BCUT2D eigenvalue weighted by Crippen LogP contribution is -2.37. The Balaban J connectivity index is 2.18. The van der Waals surface area contributed by atoms with Crippen LogP contribution in [-0.4, -0.2) is 35.1 Å². The van der Waals surface area contributed by atoms with Crippen LogP contribution in [0, 0.1) is 6.92 Å². The molecule has 0 radical (unpaired) electrons. The summed E-state index contributed by atoms with van der Waals surface area (Å²) in [7, 11) is 0. The van der Waals surface area contributed by atoms with Crippen LogP contribution in [-0.2, 0) is 0 Å². The van der Waals surface area contributed by atoms with Crippen LogP contribution in [0.5, 0.6) is 0 Å². The fourth-order valence-electron chi connectivity index (χ4n) is 2.03. The number of carbonyl (C=O) groups is 1. The minimum atomic E-state index is 0.0248. The van der Waals surface area contributed by atoms with Crippen LogP contribution in [0.1, 0.15) is 28.8 Å². The van der Waals surface area contributed by atoms with Crippen molar-refractivity contribution in [2.75, 3.05) is 13.2 Å². The maximum absolute atomic E-state index is 12.1. The number of thiophene rings is 1. The van der Waals surface area contributed by atoms with Crippen molar-refractivity contribution in [2.45, 2.75) is 25.8 Å². The molecule has 1 aliphatic rings. The number of amides is 1. The van der Waals surface area contributed by atoms with Crippen LogP contribution in [0.25, 0.3) is 0 Å². The molecule has 1 aromatic rings. The molecule has 0 aromatic carbocycles. The van der Waals surface area contributed by atoms with Crippen LogP contribution in [0.4, 0.5) is 0 Å². The van der Waals surface area contributed by atoms with E-state index in [9.17, 15) is 4.79 Å². The summed E-state index contributed by atoms with van der Waals surface area (Å²) in [5.41, 5.74) is 1.83. The van der Waals surface area contributed by atoms with Gasteiger partial charge in [0.05, 0.1) is 18.2 Å². The Morgan fingerprint density at radius 3 is 3.07 bits per heavy atom. The molecule has 1 atom stereocenters. The Morgan fingerprint density at radius 1 is 1.67 bits per heavy atom. The van der Waals surface area contributed by atoms with E-state index >= 15 is 0 Å². The Hall–Kier alpha value is -0.870. The summed E-state index contributed by atoms with van der Waals surface area (Å²) in [6.07, 6.45) is 1.92. The largest absolute Gasteiger partial charge is 0.394 e. The molecule has 3 nitrogen and oxygen atoms in total. The molecule has 4 heteroatoms. The van der Waals surface area contributed by atoms with Crippen molar-refractivity contribution < 1.29 is 9.90 Å². The van der Waals surface area contributed by atoms with Gasteiger partial charge >= 0.3 is 0 Å². The van der Waals surface area contributed by atoms with Crippen molar-refractivity contribution in [3.63, 3.8) is 0 Å². The first-order chi connectivity index (χ1) is 7.24.